The average Bonchev–Trinajstić information content (AvgIpc) is 3.00. The molecule has 2 heterocycles. The van der Waals surface area contributed by atoms with Crippen molar-refractivity contribution in [2.75, 3.05) is 26.2 Å². The molecule has 1 aliphatic heterocycles. The van der Waals surface area contributed by atoms with Crippen LogP contribution in [0, 0.1) is 12.7 Å². The number of amides is 1. The van der Waals surface area contributed by atoms with Crippen molar-refractivity contribution < 1.29 is 17.6 Å². The van der Waals surface area contributed by atoms with Crippen LogP contribution in [0.5, 0.6) is 0 Å². The number of halogens is 1. The minimum atomic E-state index is -3.67. The molecule has 0 saturated carbocycles. The third-order valence-electron chi connectivity index (χ3n) is 4.04. The molecule has 0 unspecified atom stereocenters. The number of carbonyl (C=O) groups excluding carboxylic acids is 1. The molecule has 0 spiro atoms. The lowest BCUT2D eigenvalue weighted by molar-refractivity contribution is -0.131. The summed E-state index contributed by atoms with van der Waals surface area (Å²) < 4.78 is 39.4. The topological polar surface area (TPSA) is 70.6 Å². The number of aromatic nitrogens is 1. The molecular formula is C16H18FN3O3S2. The number of aryl methyl sites for hydroxylation is 1. The number of sulfonamides is 1. The molecule has 0 N–H and O–H groups in total. The van der Waals surface area contributed by atoms with Crippen molar-refractivity contribution in [1.82, 2.24) is 14.2 Å². The second-order valence-electron chi connectivity index (χ2n) is 5.77. The van der Waals surface area contributed by atoms with Crippen LogP contribution in [0.4, 0.5) is 4.39 Å². The van der Waals surface area contributed by atoms with E-state index in [4.69, 9.17) is 0 Å². The summed E-state index contributed by atoms with van der Waals surface area (Å²) in [7, 11) is -3.67. The summed E-state index contributed by atoms with van der Waals surface area (Å²) in [6.45, 7) is 3.01. The van der Waals surface area contributed by atoms with Crippen molar-refractivity contribution in [2.24, 2.45) is 0 Å². The number of benzene rings is 1. The molecule has 0 bridgehead atoms. The van der Waals surface area contributed by atoms with Crippen LogP contribution in [-0.2, 0) is 21.2 Å². The fourth-order valence-electron chi connectivity index (χ4n) is 2.69. The Morgan fingerprint density at radius 2 is 1.84 bits per heavy atom. The predicted molar refractivity (Wildman–Crippen MR) is 92.3 cm³/mol. The molecule has 0 atom stereocenters. The van der Waals surface area contributed by atoms with Crippen molar-refractivity contribution in [3.05, 3.63) is 46.2 Å². The highest BCUT2D eigenvalue weighted by molar-refractivity contribution is 7.89. The Morgan fingerprint density at radius 3 is 2.40 bits per heavy atom. The molecule has 1 amide bonds. The summed E-state index contributed by atoms with van der Waals surface area (Å²) in [6, 6.07) is 4.77. The van der Waals surface area contributed by atoms with Gasteiger partial charge in [-0.1, -0.05) is 0 Å². The van der Waals surface area contributed by atoms with Gasteiger partial charge in [-0.3, -0.25) is 4.79 Å². The van der Waals surface area contributed by atoms with Gasteiger partial charge in [-0.05, 0) is 31.2 Å². The van der Waals surface area contributed by atoms with Crippen molar-refractivity contribution in [3.8, 4) is 0 Å². The first-order valence-electron chi connectivity index (χ1n) is 7.81. The van der Waals surface area contributed by atoms with Crippen LogP contribution in [0.25, 0.3) is 0 Å². The highest BCUT2D eigenvalue weighted by atomic mass is 32.2. The zero-order valence-corrected chi connectivity index (χ0v) is 15.3. The molecule has 9 heteroatoms. The fourth-order valence-corrected chi connectivity index (χ4v) is 4.72. The van der Waals surface area contributed by atoms with E-state index in [1.54, 1.807) is 4.90 Å². The minimum absolute atomic E-state index is 0.0517. The van der Waals surface area contributed by atoms with Gasteiger partial charge in [0.05, 0.1) is 22.0 Å². The van der Waals surface area contributed by atoms with Crippen molar-refractivity contribution in [3.63, 3.8) is 0 Å². The van der Waals surface area contributed by atoms with Crippen LogP contribution in [0.15, 0.2) is 34.5 Å². The zero-order chi connectivity index (χ0) is 18.0. The van der Waals surface area contributed by atoms with Gasteiger partial charge in [-0.25, -0.2) is 17.8 Å². The second-order valence-corrected chi connectivity index (χ2v) is 8.77. The summed E-state index contributed by atoms with van der Waals surface area (Å²) in [5.74, 6) is -0.532. The van der Waals surface area contributed by atoms with Gasteiger partial charge in [0.15, 0.2) is 0 Å². The third-order valence-corrected chi connectivity index (χ3v) is 6.78. The van der Waals surface area contributed by atoms with Crippen LogP contribution in [0.2, 0.25) is 0 Å². The molecule has 1 saturated heterocycles. The Kier molecular flexibility index (Phi) is 5.16. The van der Waals surface area contributed by atoms with E-state index in [0.29, 0.717) is 13.1 Å². The number of carbonyl (C=O) groups is 1. The normalized spacial score (nSPS) is 16.2. The standard InChI is InChI=1S/C16H18FN3O3S2/c1-12-18-14(11-24-12)10-16(21)19-6-8-20(9-7-19)25(22,23)15-4-2-13(17)3-5-15/h2-5,11H,6-10H2,1H3. The SMILES string of the molecule is Cc1nc(CC(=O)N2CCN(S(=O)(=O)c3ccc(F)cc3)CC2)cs1. The smallest absolute Gasteiger partial charge is 0.243 e. The highest BCUT2D eigenvalue weighted by Gasteiger charge is 2.30. The molecule has 2 aromatic rings. The largest absolute Gasteiger partial charge is 0.340 e. The first-order chi connectivity index (χ1) is 11.9. The Labute approximate surface area is 150 Å². The molecule has 0 aliphatic carbocycles. The van der Waals surface area contributed by atoms with E-state index in [1.807, 2.05) is 12.3 Å². The molecular weight excluding hydrogens is 365 g/mol. The Hall–Kier alpha value is -1.84. The van der Waals surface area contributed by atoms with Gasteiger partial charge in [0.2, 0.25) is 15.9 Å². The van der Waals surface area contributed by atoms with Crippen molar-refractivity contribution in [1.29, 1.82) is 0 Å². The summed E-state index contributed by atoms with van der Waals surface area (Å²) >= 11 is 1.50. The van der Waals surface area contributed by atoms with E-state index < -0.39 is 15.8 Å². The molecule has 0 radical (unpaired) electrons. The number of piperazine rings is 1. The van der Waals surface area contributed by atoms with Crippen LogP contribution in [0.1, 0.15) is 10.7 Å². The van der Waals surface area contributed by atoms with Gasteiger partial charge in [0.25, 0.3) is 0 Å². The lowest BCUT2D eigenvalue weighted by Gasteiger charge is -2.34. The van der Waals surface area contributed by atoms with E-state index in [1.165, 1.54) is 27.8 Å². The average molecular weight is 383 g/mol. The molecule has 1 aromatic heterocycles. The Balaban J connectivity index is 1.61. The third kappa shape index (κ3) is 4.05. The van der Waals surface area contributed by atoms with Crippen LogP contribution < -0.4 is 0 Å². The molecule has 1 fully saturated rings. The van der Waals surface area contributed by atoms with E-state index in [0.717, 1.165) is 22.8 Å². The highest BCUT2D eigenvalue weighted by Crippen LogP contribution is 2.18. The van der Waals surface area contributed by atoms with E-state index in [9.17, 15) is 17.6 Å². The number of hydrogen-bond donors (Lipinski definition) is 0. The lowest BCUT2D eigenvalue weighted by Crippen LogP contribution is -2.50. The summed E-state index contributed by atoms with van der Waals surface area (Å²) in [4.78, 5) is 18.3. The van der Waals surface area contributed by atoms with Gasteiger partial charge in [-0.2, -0.15) is 4.31 Å². The molecule has 1 aromatic carbocycles. The zero-order valence-electron chi connectivity index (χ0n) is 13.7. The molecule has 25 heavy (non-hydrogen) atoms. The molecule has 6 nitrogen and oxygen atoms in total. The molecule has 3 rings (SSSR count). The maximum Gasteiger partial charge on any atom is 0.243 e. The van der Waals surface area contributed by atoms with Gasteiger partial charge < -0.3 is 4.90 Å². The lowest BCUT2D eigenvalue weighted by atomic mass is 10.2. The van der Waals surface area contributed by atoms with E-state index in [-0.39, 0.29) is 30.3 Å². The van der Waals surface area contributed by atoms with Crippen molar-refractivity contribution in [2.45, 2.75) is 18.2 Å². The predicted octanol–water partition coefficient (Wildman–Crippen LogP) is 1.67. The first-order valence-corrected chi connectivity index (χ1v) is 10.1. The maximum atomic E-state index is 13.0. The number of thiazole rings is 1. The second kappa shape index (κ2) is 7.19. The monoisotopic (exact) mass is 383 g/mol. The first kappa shape index (κ1) is 18.0. The van der Waals surface area contributed by atoms with Crippen LogP contribution in [-0.4, -0.2) is 54.7 Å². The van der Waals surface area contributed by atoms with E-state index >= 15 is 0 Å². The van der Waals surface area contributed by atoms with Gasteiger partial charge in [0, 0.05) is 31.6 Å². The van der Waals surface area contributed by atoms with Gasteiger partial charge in [-0.15, -0.1) is 11.3 Å². The van der Waals surface area contributed by atoms with Crippen LogP contribution in [0.3, 0.4) is 0 Å². The van der Waals surface area contributed by atoms with E-state index in [2.05, 4.69) is 4.98 Å². The van der Waals surface area contributed by atoms with Crippen molar-refractivity contribution >= 4 is 27.3 Å². The van der Waals surface area contributed by atoms with Gasteiger partial charge in [0.1, 0.15) is 5.82 Å². The Morgan fingerprint density at radius 1 is 1.20 bits per heavy atom. The number of rotatable bonds is 4. The fraction of sp³-hybridized carbons (Fsp3) is 0.375. The number of nitrogens with zero attached hydrogens (tertiary/aromatic N) is 3. The summed E-state index contributed by atoms with van der Waals surface area (Å²) in [6.07, 6.45) is 0.231. The Bertz CT molecular complexity index is 857. The quantitative estimate of drug-likeness (QED) is 0.805. The maximum absolute atomic E-state index is 13.0. The van der Waals surface area contributed by atoms with Crippen LogP contribution >= 0.6 is 11.3 Å². The number of hydrogen-bond acceptors (Lipinski definition) is 5. The molecule has 134 valence electrons. The summed E-state index contributed by atoms with van der Waals surface area (Å²) in [5, 5.41) is 2.78. The van der Waals surface area contributed by atoms with Gasteiger partial charge >= 0.3 is 0 Å². The molecule has 1 aliphatic rings. The summed E-state index contributed by atoms with van der Waals surface area (Å²) in [5.41, 5.74) is 0.744. The minimum Gasteiger partial charge on any atom is -0.340 e.